The standard InChI is InChI=1S/C12H17N5/c1-4-12(2,13-3)11-14-15-16-17(11)10-8-6-5-7-9-10/h5-9,13H,4H2,1-3H3/t12-/m1/s1. The van der Waals surface area contributed by atoms with Gasteiger partial charge in [-0.3, -0.25) is 0 Å². The van der Waals surface area contributed by atoms with Crippen LogP contribution in [0, 0.1) is 0 Å². The summed E-state index contributed by atoms with van der Waals surface area (Å²) in [6.45, 7) is 4.21. The maximum absolute atomic E-state index is 4.15. The Hall–Kier alpha value is -1.75. The summed E-state index contributed by atoms with van der Waals surface area (Å²) in [7, 11) is 1.92. The average molecular weight is 231 g/mol. The zero-order chi connectivity index (χ0) is 12.3. The van der Waals surface area contributed by atoms with E-state index in [4.69, 9.17) is 0 Å². The van der Waals surface area contributed by atoms with Gasteiger partial charge in [0.2, 0.25) is 0 Å². The van der Waals surface area contributed by atoms with E-state index in [2.05, 4.69) is 34.7 Å². The second-order valence-electron chi connectivity index (χ2n) is 4.19. The predicted octanol–water partition coefficient (Wildman–Crippen LogP) is 1.51. The van der Waals surface area contributed by atoms with Gasteiger partial charge in [-0.25, -0.2) is 0 Å². The topological polar surface area (TPSA) is 55.6 Å². The SMILES string of the molecule is CC[C@@](C)(NC)c1nnnn1-c1ccccc1. The summed E-state index contributed by atoms with van der Waals surface area (Å²) in [6, 6.07) is 9.91. The minimum Gasteiger partial charge on any atom is -0.308 e. The van der Waals surface area contributed by atoms with Crippen LogP contribution < -0.4 is 5.32 Å². The molecule has 1 aromatic carbocycles. The molecule has 0 bridgehead atoms. The van der Waals surface area contributed by atoms with E-state index in [1.165, 1.54) is 0 Å². The number of aromatic nitrogens is 4. The summed E-state index contributed by atoms with van der Waals surface area (Å²) < 4.78 is 1.78. The van der Waals surface area contributed by atoms with Crippen LogP contribution in [0.4, 0.5) is 0 Å². The maximum atomic E-state index is 4.15. The molecule has 1 aromatic heterocycles. The van der Waals surface area contributed by atoms with Crippen molar-refractivity contribution in [3.8, 4) is 5.69 Å². The molecule has 1 atom stereocenters. The molecule has 0 saturated heterocycles. The molecular formula is C12H17N5. The fourth-order valence-corrected chi connectivity index (χ4v) is 1.72. The van der Waals surface area contributed by atoms with Crippen LogP contribution in [0.1, 0.15) is 26.1 Å². The Kier molecular flexibility index (Phi) is 3.19. The van der Waals surface area contributed by atoms with E-state index in [1.807, 2.05) is 37.4 Å². The van der Waals surface area contributed by atoms with Crippen LogP contribution >= 0.6 is 0 Å². The highest BCUT2D eigenvalue weighted by Crippen LogP contribution is 2.23. The van der Waals surface area contributed by atoms with Crippen LogP contribution in [0.25, 0.3) is 5.69 Å². The van der Waals surface area contributed by atoms with Crippen molar-refractivity contribution in [1.29, 1.82) is 0 Å². The van der Waals surface area contributed by atoms with Crippen molar-refractivity contribution in [3.63, 3.8) is 0 Å². The van der Waals surface area contributed by atoms with E-state index >= 15 is 0 Å². The van der Waals surface area contributed by atoms with Gasteiger partial charge in [-0.15, -0.1) is 5.10 Å². The van der Waals surface area contributed by atoms with Crippen molar-refractivity contribution >= 4 is 0 Å². The highest BCUT2D eigenvalue weighted by Gasteiger charge is 2.29. The minimum atomic E-state index is -0.223. The molecule has 0 aliphatic rings. The molecule has 0 amide bonds. The number of hydrogen-bond acceptors (Lipinski definition) is 4. The zero-order valence-corrected chi connectivity index (χ0v) is 10.4. The highest BCUT2D eigenvalue weighted by atomic mass is 15.6. The largest absolute Gasteiger partial charge is 0.308 e. The molecule has 0 saturated carbocycles. The van der Waals surface area contributed by atoms with Gasteiger partial charge in [0, 0.05) is 0 Å². The van der Waals surface area contributed by atoms with Crippen LogP contribution in [0.15, 0.2) is 30.3 Å². The lowest BCUT2D eigenvalue weighted by Gasteiger charge is -2.26. The van der Waals surface area contributed by atoms with E-state index in [0.717, 1.165) is 17.9 Å². The van der Waals surface area contributed by atoms with Crippen LogP contribution in [0.5, 0.6) is 0 Å². The van der Waals surface area contributed by atoms with Crippen LogP contribution in [-0.4, -0.2) is 27.3 Å². The van der Waals surface area contributed by atoms with Gasteiger partial charge in [0.1, 0.15) is 0 Å². The third kappa shape index (κ3) is 2.06. The number of tetrazole rings is 1. The Morgan fingerprint density at radius 3 is 2.59 bits per heavy atom. The first kappa shape index (κ1) is 11.7. The maximum Gasteiger partial charge on any atom is 0.176 e. The molecule has 2 rings (SSSR count). The lowest BCUT2D eigenvalue weighted by atomic mass is 9.98. The quantitative estimate of drug-likeness (QED) is 0.866. The number of para-hydroxylation sites is 1. The van der Waals surface area contributed by atoms with Gasteiger partial charge in [0.15, 0.2) is 5.82 Å². The second kappa shape index (κ2) is 4.63. The Morgan fingerprint density at radius 1 is 1.29 bits per heavy atom. The van der Waals surface area contributed by atoms with Crippen molar-refractivity contribution < 1.29 is 0 Å². The number of hydrogen-bond donors (Lipinski definition) is 1. The van der Waals surface area contributed by atoms with Crippen molar-refractivity contribution in [3.05, 3.63) is 36.2 Å². The summed E-state index contributed by atoms with van der Waals surface area (Å²) in [5, 5.41) is 15.3. The fourth-order valence-electron chi connectivity index (χ4n) is 1.72. The first-order chi connectivity index (χ1) is 8.21. The second-order valence-corrected chi connectivity index (χ2v) is 4.19. The molecule has 2 aromatic rings. The lowest BCUT2D eigenvalue weighted by Crippen LogP contribution is -2.38. The molecule has 5 heteroatoms. The molecule has 0 radical (unpaired) electrons. The summed E-state index contributed by atoms with van der Waals surface area (Å²) in [6.07, 6.45) is 0.913. The molecule has 1 N–H and O–H groups in total. The minimum absolute atomic E-state index is 0.223. The zero-order valence-electron chi connectivity index (χ0n) is 10.4. The summed E-state index contributed by atoms with van der Waals surface area (Å²) in [5.74, 6) is 0.828. The van der Waals surface area contributed by atoms with Crippen LogP contribution in [0.2, 0.25) is 0 Å². The lowest BCUT2D eigenvalue weighted by molar-refractivity contribution is 0.354. The molecule has 0 aliphatic heterocycles. The monoisotopic (exact) mass is 231 g/mol. The smallest absolute Gasteiger partial charge is 0.176 e. The van der Waals surface area contributed by atoms with Gasteiger partial charge in [-0.2, -0.15) is 4.68 Å². The third-order valence-electron chi connectivity index (χ3n) is 3.22. The van der Waals surface area contributed by atoms with E-state index in [-0.39, 0.29) is 5.54 Å². The molecular weight excluding hydrogens is 214 g/mol. The first-order valence-corrected chi connectivity index (χ1v) is 5.74. The molecule has 1 heterocycles. The molecule has 90 valence electrons. The Morgan fingerprint density at radius 2 is 2.00 bits per heavy atom. The number of rotatable bonds is 4. The van der Waals surface area contributed by atoms with Crippen molar-refractivity contribution in [2.75, 3.05) is 7.05 Å². The molecule has 17 heavy (non-hydrogen) atoms. The summed E-state index contributed by atoms with van der Waals surface area (Å²) >= 11 is 0. The van der Waals surface area contributed by atoms with Gasteiger partial charge in [-0.1, -0.05) is 25.1 Å². The van der Waals surface area contributed by atoms with E-state index in [9.17, 15) is 0 Å². The van der Waals surface area contributed by atoms with Crippen molar-refractivity contribution in [1.82, 2.24) is 25.5 Å². The number of nitrogens with zero attached hydrogens (tertiary/aromatic N) is 4. The van der Waals surface area contributed by atoms with E-state index < -0.39 is 0 Å². The third-order valence-corrected chi connectivity index (χ3v) is 3.22. The summed E-state index contributed by atoms with van der Waals surface area (Å²) in [4.78, 5) is 0. The highest BCUT2D eigenvalue weighted by molar-refractivity contribution is 5.31. The van der Waals surface area contributed by atoms with Crippen molar-refractivity contribution in [2.24, 2.45) is 0 Å². The van der Waals surface area contributed by atoms with E-state index in [1.54, 1.807) is 4.68 Å². The van der Waals surface area contributed by atoms with Gasteiger partial charge in [0.25, 0.3) is 0 Å². The Labute approximate surface area is 101 Å². The molecule has 5 nitrogen and oxygen atoms in total. The Balaban J connectivity index is 2.49. The number of nitrogens with one attached hydrogen (secondary N) is 1. The van der Waals surface area contributed by atoms with Gasteiger partial charge in [0.05, 0.1) is 11.2 Å². The van der Waals surface area contributed by atoms with Gasteiger partial charge >= 0.3 is 0 Å². The molecule has 0 spiro atoms. The van der Waals surface area contributed by atoms with Crippen LogP contribution in [-0.2, 0) is 5.54 Å². The summed E-state index contributed by atoms with van der Waals surface area (Å²) in [5.41, 5.74) is 0.752. The molecule has 0 fully saturated rings. The molecule has 0 aliphatic carbocycles. The normalized spacial score (nSPS) is 14.5. The Bertz CT molecular complexity index is 473. The van der Waals surface area contributed by atoms with Gasteiger partial charge in [-0.05, 0) is 43.0 Å². The van der Waals surface area contributed by atoms with Gasteiger partial charge < -0.3 is 5.32 Å². The first-order valence-electron chi connectivity index (χ1n) is 5.74. The van der Waals surface area contributed by atoms with Crippen molar-refractivity contribution in [2.45, 2.75) is 25.8 Å². The average Bonchev–Trinajstić information content (AvgIpc) is 2.88. The van der Waals surface area contributed by atoms with E-state index in [0.29, 0.717) is 0 Å². The number of benzene rings is 1. The predicted molar refractivity (Wildman–Crippen MR) is 65.9 cm³/mol. The molecule has 0 unspecified atom stereocenters. The fraction of sp³-hybridized carbons (Fsp3) is 0.417. The van der Waals surface area contributed by atoms with Crippen LogP contribution in [0.3, 0.4) is 0 Å².